The molecular formula is C30H35N5O5. The number of rotatable bonds is 4. The molecule has 210 valence electrons. The zero-order valence-corrected chi connectivity index (χ0v) is 23.1. The maximum atomic E-state index is 13.2. The summed E-state index contributed by atoms with van der Waals surface area (Å²) in [6.45, 7) is 5.36. The van der Waals surface area contributed by atoms with Crippen LogP contribution in [0.25, 0.3) is 0 Å². The van der Waals surface area contributed by atoms with Crippen molar-refractivity contribution >= 4 is 17.7 Å². The number of hydrogen-bond donors (Lipinski definition) is 1. The van der Waals surface area contributed by atoms with Crippen LogP contribution >= 0.6 is 0 Å². The van der Waals surface area contributed by atoms with Crippen LogP contribution in [0.15, 0.2) is 54.9 Å². The molecule has 1 fully saturated rings. The van der Waals surface area contributed by atoms with Crippen molar-refractivity contribution in [1.82, 2.24) is 24.7 Å². The molecule has 10 nitrogen and oxygen atoms in total. The molecule has 3 amide bonds. The minimum atomic E-state index is -0.405. The van der Waals surface area contributed by atoms with E-state index in [2.05, 4.69) is 10.3 Å². The Balaban J connectivity index is 1.35. The van der Waals surface area contributed by atoms with Gasteiger partial charge in [0.25, 0.3) is 5.91 Å². The number of fused-ring (bicyclic) bond motifs is 5. The van der Waals surface area contributed by atoms with Crippen molar-refractivity contribution in [1.29, 1.82) is 0 Å². The lowest BCUT2D eigenvalue weighted by Crippen LogP contribution is -2.48. The fourth-order valence-electron chi connectivity index (χ4n) is 5.15. The minimum absolute atomic E-state index is 0.00988. The molecule has 2 aliphatic rings. The van der Waals surface area contributed by atoms with Crippen LogP contribution in [0.5, 0.6) is 11.5 Å². The van der Waals surface area contributed by atoms with Gasteiger partial charge in [0, 0.05) is 57.5 Å². The fraction of sp³-hybridized carbons (Fsp3) is 0.400. The van der Waals surface area contributed by atoms with E-state index >= 15 is 0 Å². The highest BCUT2D eigenvalue weighted by atomic mass is 16.5. The Morgan fingerprint density at radius 1 is 1.15 bits per heavy atom. The number of aromatic nitrogens is 2. The maximum Gasteiger partial charge on any atom is 0.254 e. The van der Waals surface area contributed by atoms with E-state index < -0.39 is 12.1 Å². The highest BCUT2D eigenvalue weighted by Gasteiger charge is 2.37. The number of carbonyl (C=O) groups excluding carboxylic acids is 3. The Hall–Kier alpha value is -4.18. The Kier molecular flexibility index (Phi) is 8.16. The number of amides is 3. The van der Waals surface area contributed by atoms with E-state index in [9.17, 15) is 14.4 Å². The van der Waals surface area contributed by atoms with E-state index in [1.807, 2.05) is 54.9 Å². The molecule has 5 rings (SSSR count). The molecule has 40 heavy (non-hydrogen) atoms. The largest absolute Gasteiger partial charge is 0.457 e. The molecule has 3 heterocycles. The first-order valence-electron chi connectivity index (χ1n) is 13.6. The summed E-state index contributed by atoms with van der Waals surface area (Å²) in [5.74, 6) is 1.53. The third-order valence-corrected chi connectivity index (χ3v) is 7.40. The molecule has 2 aromatic carbocycles. The summed E-state index contributed by atoms with van der Waals surface area (Å²) in [5.41, 5.74) is 2.22. The van der Waals surface area contributed by atoms with Crippen molar-refractivity contribution < 1.29 is 23.9 Å². The SMILES string of the molecule is CCc1nccn1CCC(=O)N1C[C@@H]2NC(=O)CN(C)C(=O)c3ccc(C)c(c3)Oc3cccc(c3)CO[C@H]2C1. The number of aryl methyl sites for hydroxylation is 3. The van der Waals surface area contributed by atoms with Gasteiger partial charge in [-0.3, -0.25) is 14.4 Å². The average molecular weight is 546 g/mol. The van der Waals surface area contributed by atoms with Gasteiger partial charge in [-0.2, -0.15) is 0 Å². The van der Waals surface area contributed by atoms with Crippen LogP contribution in [0.4, 0.5) is 0 Å². The number of ether oxygens (including phenoxy) is 2. The lowest BCUT2D eigenvalue weighted by atomic mass is 10.1. The molecule has 2 atom stereocenters. The summed E-state index contributed by atoms with van der Waals surface area (Å²) >= 11 is 0. The van der Waals surface area contributed by atoms with Gasteiger partial charge in [-0.25, -0.2) is 4.98 Å². The molecule has 0 radical (unpaired) electrons. The van der Waals surface area contributed by atoms with Gasteiger partial charge >= 0.3 is 0 Å². The molecule has 0 aliphatic carbocycles. The van der Waals surface area contributed by atoms with E-state index in [0.717, 1.165) is 23.4 Å². The Bertz CT molecular complexity index is 1400. The molecule has 0 spiro atoms. The van der Waals surface area contributed by atoms with Crippen LogP contribution in [0.2, 0.25) is 0 Å². The van der Waals surface area contributed by atoms with Crippen LogP contribution in [-0.4, -0.2) is 75.9 Å². The zero-order chi connectivity index (χ0) is 28.2. The first kappa shape index (κ1) is 27.4. The predicted molar refractivity (Wildman–Crippen MR) is 148 cm³/mol. The minimum Gasteiger partial charge on any atom is -0.457 e. The Morgan fingerprint density at radius 2 is 2.00 bits per heavy atom. The van der Waals surface area contributed by atoms with Gasteiger partial charge < -0.3 is 29.2 Å². The zero-order valence-electron chi connectivity index (χ0n) is 23.1. The normalized spacial score (nSPS) is 19.7. The molecular weight excluding hydrogens is 510 g/mol. The standard InChI is InChI=1S/C30H35N5O5/c1-4-27-31-11-13-34(27)12-10-29(37)35-16-24-26(17-35)39-19-21-6-5-7-23(14-21)40-25-15-22(9-8-20(25)2)30(38)33(3)18-28(36)32-24/h5-9,11,13-15,24,26H,4,10,12,16-19H2,1-3H3,(H,32,36)/t24-,26-/m0/s1. The second-order valence-electron chi connectivity index (χ2n) is 10.4. The van der Waals surface area contributed by atoms with Crippen molar-refractivity contribution in [3.8, 4) is 11.5 Å². The summed E-state index contributed by atoms with van der Waals surface area (Å²) in [7, 11) is 1.59. The van der Waals surface area contributed by atoms with Crippen molar-refractivity contribution in [3.63, 3.8) is 0 Å². The number of likely N-dealkylation sites (tertiary alicyclic amines) is 1. The van der Waals surface area contributed by atoms with E-state index in [0.29, 0.717) is 49.7 Å². The van der Waals surface area contributed by atoms with Crippen LogP contribution < -0.4 is 10.1 Å². The molecule has 0 unspecified atom stereocenters. The molecule has 4 bridgehead atoms. The molecule has 10 heteroatoms. The van der Waals surface area contributed by atoms with E-state index in [4.69, 9.17) is 9.47 Å². The molecule has 0 saturated carbocycles. The average Bonchev–Trinajstić information content (AvgIpc) is 3.57. The maximum absolute atomic E-state index is 13.2. The molecule has 1 saturated heterocycles. The molecule has 3 aromatic rings. The summed E-state index contributed by atoms with van der Waals surface area (Å²) in [5, 5.41) is 3.02. The van der Waals surface area contributed by atoms with Crippen molar-refractivity contribution in [2.24, 2.45) is 0 Å². The number of imidazole rings is 1. The third kappa shape index (κ3) is 6.17. The van der Waals surface area contributed by atoms with Crippen LogP contribution in [-0.2, 0) is 33.9 Å². The van der Waals surface area contributed by atoms with Gasteiger partial charge in [-0.1, -0.05) is 25.1 Å². The lowest BCUT2D eigenvalue weighted by molar-refractivity contribution is -0.131. The number of hydrogen-bond acceptors (Lipinski definition) is 6. The van der Waals surface area contributed by atoms with Gasteiger partial charge in [-0.15, -0.1) is 0 Å². The van der Waals surface area contributed by atoms with Crippen molar-refractivity contribution in [2.45, 2.75) is 52.0 Å². The summed E-state index contributed by atoms with van der Waals surface area (Å²) in [6, 6.07) is 12.4. The van der Waals surface area contributed by atoms with Gasteiger partial charge in [0.15, 0.2) is 0 Å². The van der Waals surface area contributed by atoms with Gasteiger partial charge in [0.2, 0.25) is 11.8 Å². The van der Waals surface area contributed by atoms with Gasteiger partial charge in [-0.05, 0) is 42.3 Å². The molecule has 1 aromatic heterocycles. The molecule has 1 N–H and O–H groups in total. The highest BCUT2D eigenvalue weighted by molar-refractivity contribution is 5.96. The van der Waals surface area contributed by atoms with E-state index in [1.165, 1.54) is 4.90 Å². The topological polar surface area (TPSA) is 106 Å². The van der Waals surface area contributed by atoms with E-state index in [-0.39, 0.29) is 24.3 Å². The number of carbonyl (C=O) groups is 3. The second kappa shape index (κ2) is 11.9. The number of nitrogens with zero attached hydrogens (tertiary/aromatic N) is 4. The fourth-order valence-corrected chi connectivity index (χ4v) is 5.15. The smallest absolute Gasteiger partial charge is 0.254 e. The second-order valence-corrected chi connectivity index (χ2v) is 10.4. The number of nitrogens with one attached hydrogen (secondary N) is 1. The highest BCUT2D eigenvalue weighted by Crippen LogP contribution is 2.28. The number of likely N-dealkylation sites (N-methyl/N-ethyl adjacent to an activating group) is 1. The van der Waals surface area contributed by atoms with Crippen molar-refractivity contribution in [3.05, 3.63) is 77.4 Å². The van der Waals surface area contributed by atoms with Gasteiger partial charge in [0.05, 0.1) is 25.3 Å². The Labute approximate surface area is 233 Å². The quantitative estimate of drug-likeness (QED) is 0.541. The summed E-state index contributed by atoms with van der Waals surface area (Å²) in [6.07, 6.45) is 4.35. The first-order chi connectivity index (χ1) is 19.3. The molecule has 2 aliphatic heterocycles. The van der Waals surface area contributed by atoms with Crippen molar-refractivity contribution in [2.75, 3.05) is 26.7 Å². The monoisotopic (exact) mass is 545 g/mol. The van der Waals surface area contributed by atoms with Crippen LogP contribution in [0.1, 0.15) is 40.7 Å². The third-order valence-electron chi connectivity index (χ3n) is 7.40. The van der Waals surface area contributed by atoms with E-state index in [1.54, 1.807) is 30.3 Å². The number of benzene rings is 2. The first-order valence-corrected chi connectivity index (χ1v) is 13.6. The lowest BCUT2D eigenvalue weighted by Gasteiger charge is -2.23. The summed E-state index contributed by atoms with van der Waals surface area (Å²) < 4.78 is 14.4. The summed E-state index contributed by atoms with van der Waals surface area (Å²) in [4.78, 5) is 46.8. The van der Waals surface area contributed by atoms with Crippen LogP contribution in [0, 0.1) is 6.92 Å². The van der Waals surface area contributed by atoms with Gasteiger partial charge in [0.1, 0.15) is 17.3 Å². The van der Waals surface area contributed by atoms with Crippen LogP contribution in [0.3, 0.4) is 0 Å². The predicted octanol–water partition coefficient (Wildman–Crippen LogP) is 2.93. The Morgan fingerprint density at radius 3 is 2.83 bits per heavy atom.